The predicted octanol–water partition coefficient (Wildman–Crippen LogP) is 5.67. The van der Waals surface area contributed by atoms with Crippen molar-refractivity contribution in [1.29, 1.82) is 0 Å². The van der Waals surface area contributed by atoms with Crippen LogP contribution in [0.15, 0.2) is 18.2 Å². The van der Waals surface area contributed by atoms with E-state index in [1.807, 2.05) is 18.2 Å². The molecule has 0 amide bonds. The maximum Gasteiger partial charge on any atom is 0.200 e. The second-order valence-corrected chi connectivity index (χ2v) is 13.6. The van der Waals surface area contributed by atoms with Gasteiger partial charge in [0.15, 0.2) is 11.5 Å². The fourth-order valence-electron chi connectivity index (χ4n) is 4.38. The summed E-state index contributed by atoms with van der Waals surface area (Å²) in [6.07, 6.45) is 0.910. The van der Waals surface area contributed by atoms with Crippen LogP contribution in [0.3, 0.4) is 0 Å². The van der Waals surface area contributed by atoms with Crippen molar-refractivity contribution in [2.75, 3.05) is 14.2 Å². The van der Waals surface area contributed by atoms with Gasteiger partial charge >= 0.3 is 0 Å². The zero-order chi connectivity index (χ0) is 20.1. The number of rotatable bonds is 10. The van der Waals surface area contributed by atoms with E-state index in [-0.39, 0.29) is 12.1 Å². The van der Waals surface area contributed by atoms with E-state index in [2.05, 4.69) is 48.5 Å². The third kappa shape index (κ3) is 5.02. The minimum atomic E-state index is -1.89. The molecular formula is C21H39NO3Si. The first-order chi connectivity index (χ1) is 12.1. The Balaban J connectivity index is 2.93. The molecule has 0 saturated carbocycles. The fourth-order valence-corrected chi connectivity index (χ4v) is 9.99. The Labute approximate surface area is 161 Å². The number of methoxy groups -OCH3 is 2. The highest BCUT2D eigenvalue weighted by Gasteiger charge is 2.46. The molecule has 0 aliphatic carbocycles. The number of hydrogen-bond acceptors (Lipinski definition) is 4. The van der Waals surface area contributed by atoms with Crippen LogP contribution >= 0.6 is 0 Å². The molecule has 0 spiro atoms. The van der Waals surface area contributed by atoms with E-state index in [0.29, 0.717) is 22.4 Å². The van der Waals surface area contributed by atoms with E-state index in [0.717, 1.165) is 17.7 Å². The Hall–Kier alpha value is -1.04. The molecule has 0 saturated heterocycles. The zero-order valence-electron chi connectivity index (χ0n) is 18.1. The Bertz CT molecular complexity index is 538. The molecule has 0 bridgehead atoms. The van der Waals surface area contributed by atoms with Gasteiger partial charge in [-0.05, 0) is 47.7 Å². The molecule has 0 aliphatic rings. The van der Waals surface area contributed by atoms with Crippen molar-refractivity contribution in [1.82, 2.24) is 0 Å². The minimum absolute atomic E-state index is 0.0945. The molecule has 1 aromatic carbocycles. The number of hydrogen-bond donors (Lipinski definition) is 1. The molecule has 5 heteroatoms. The van der Waals surface area contributed by atoms with Crippen molar-refractivity contribution in [3.8, 4) is 11.5 Å². The van der Waals surface area contributed by atoms with E-state index in [9.17, 15) is 0 Å². The van der Waals surface area contributed by atoms with Crippen LogP contribution in [0.2, 0.25) is 16.6 Å². The maximum atomic E-state index is 6.82. The summed E-state index contributed by atoms with van der Waals surface area (Å²) in [6.45, 7) is 16.0. The molecule has 1 aromatic rings. The third-order valence-corrected chi connectivity index (χ3v) is 11.8. The lowest BCUT2D eigenvalue weighted by Crippen LogP contribution is -2.50. The second kappa shape index (κ2) is 9.77. The van der Waals surface area contributed by atoms with Gasteiger partial charge < -0.3 is 19.6 Å². The van der Waals surface area contributed by atoms with E-state index in [4.69, 9.17) is 19.6 Å². The molecule has 0 aliphatic heterocycles. The highest BCUT2D eigenvalue weighted by atomic mass is 28.4. The van der Waals surface area contributed by atoms with Gasteiger partial charge in [-0.25, -0.2) is 0 Å². The van der Waals surface area contributed by atoms with Crippen molar-refractivity contribution in [3.05, 3.63) is 23.8 Å². The van der Waals surface area contributed by atoms with E-state index in [1.54, 1.807) is 14.2 Å². The summed E-state index contributed by atoms with van der Waals surface area (Å²) in [7, 11) is 1.39. The number of benzene rings is 1. The van der Waals surface area contributed by atoms with Crippen LogP contribution in [0.4, 0.5) is 0 Å². The van der Waals surface area contributed by atoms with Gasteiger partial charge in [0, 0.05) is 12.1 Å². The predicted molar refractivity (Wildman–Crippen MR) is 113 cm³/mol. The maximum absolute atomic E-state index is 6.82. The van der Waals surface area contributed by atoms with Crippen LogP contribution in [0, 0.1) is 0 Å². The molecule has 2 atom stereocenters. The molecule has 26 heavy (non-hydrogen) atoms. The Morgan fingerprint density at radius 2 is 1.35 bits per heavy atom. The topological polar surface area (TPSA) is 53.7 Å². The largest absolute Gasteiger partial charge is 0.493 e. The van der Waals surface area contributed by atoms with Crippen LogP contribution in [-0.4, -0.2) is 28.6 Å². The lowest BCUT2D eigenvalue weighted by atomic mass is 10.0. The Morgan fingerprint density at radius 1 is 0.846 bits per heavy atom. The van der Waals surface area contributed by atoms with Crippen LogP contribution in [0.5, 0.6) is 11.5 Å². The quantitative estimate of drug-likeness (QED) is 0.530. The first-order valence-corrected chi connectivity index (χ1v) is 11.9. The van der Waals surface area contributed by atoms with Crippen molar-refractivity contribution < 1.29 is 13.9 Å². The van der Waals surface area contributed by atoms with Crippen LogP contribution in [0.25, 0.3) is 0 Å². The average Bonchev–Trinajstić information content (AvgIpc) is 2.57. The summed E-state index contributed by atoms with van der Waals surface area (Å²) in [5, 5.41) is 0. The van der Waals surface area contributed by atoms with Crippen molar-refractivity contribution in [2.24, 2.45) is 5.73 Å². The smallest absolute Gasteiger partial charge is 0.200 e. The van der Waals surface area contributed by atoms with Crippen molar-refractivity contribution in [2.45, 2.75) is 83.7 Å². The molecule has 0 heterocycles. The molecule has 4 nitrogen and oxygen atoms in total. The Morgan fingerprint density at radius 3 is 1.77 bits per heavy atom. The van der Waals surface area contributed by atoms with Gasteiger partial charge in [-0.15, -0.1) is 0 Å². The van der Waals surface area contributed by atoms with Gasteiger partial charge in [-0.3, -0.25) is 0 Å². The second-order valence-electron chi connectivity index (χ2n) is 8.20. The summed E-state index contributed by atoms with van der Waals surface area (Å²) >= 11 is 0. The summed E-state index contributed by atoms with van der Waals surface area (Å²) in [4.78, 5) is 0. The third-order valence-electron chi connectivity index (χ3n) is 5.53. The molecule has 150 valence electrons. The van der Waals surface area contributed by atoms with Crippen LogP contribution in [0.1, 0.15) is 66.5 Å². The number of ether oxygens (including phenoxy) is 2. The van der Waals surface area contributed by atoms with Gasteiger partial charge in [0.1, 0.15) is 0 Å². The number of nitrogens with two attached hydrogens (primary N) is 1. The summed E-state index contributed by atoms with van der Waals surface area (Å²) in [5.41, 5.74) is 9.26. The van der Waals surface area contributed by atoms with E-state index >= 15 is 0 Å². The zero-order valence-corrected chi connectivity index (χ0v) is 19.1. The Kier molecular flexibility index (Phi) is 8.64. The first-order valence-electron chi connectivity index (χ1n) is 9.75. The normalized spacial score (nSPS) is 14.8. The molecule has 1 rings (SSSR count). The highest BCUT2D eigenvalue weighted by Crippen LogP contribution is 2.43. The van der Waals surface area contributed by atoms with Crippen LogP contribution < -0.4 is 15.2 Å². The van der Waals surface area contributed by atoms with Gasteiger partial charge in [0.05, 0.1) is 14.2 Å². The highest BCUT2D eigenvalue weighted by molar-refractivity contribution is 6.77. The van der Waals surface area contributed by atoms with Crippen LogP contribution in [-0.2, 0) is 4.43 Å². The summed E-state index contributed by atoms with van der Waals surface area (Å²) in [5.74, 6) is 1.43. The molecular weight excluding hydrogens is 342 g/mol. The van der Waals surface area contributed by atoms with E-state index in [1.165, 1.54) is 0 Å². The van der Waals surface area contributed by atoms with Gasteiger partial charge in [-0.2, -0.15) is 0 Å². The minimum Gasteiger partial charge on any atom is -0.493 e. The standard InChI is InChI=1S/C21H39NO3Si/c1-14(2)26(15(3)4,16(5)6)25-17(7)12-19(22)18-10-11-20(23-8)21(13-18)24-9/h10-11,13-17,19H,12,22H2,1-9H3/t17-,19+/m1/s1. The summed E-state index contributed by atoms with van der Waals surface area (Å²) < 4.78 is 17.5. The first kappa shape index (κ1) is 23.0. The van der Waals surface area contributed by atoms with Gasteiger partial charge in [-0.1, -0.05) is 47.6 Å². The molecule has 2 N–H and O–H groups in total. The SMILES string of the molecule is COc1ccc([C@@H](N)C[C@@H](C)O[Si](C(C)C)(C(C)C)C(C)C)cc1OC. The lowest BCUT2D eigenvalue weighted by Gasteiger charge is -2.44. The lowest BCUT2D eigenvalue weighted by molar-refractivity contribution is 0.173. The monoisotopic (exact) mass is 381 g/mol. The van der Waals surface area contributed by atoms with Gasteiger partial charge in [0.2, 0.25) is 8.32 Å². The van der Waals surface area contributed by atoms with Crippen molar-refractivity contribution >= 4 is 8.32 Å². The molecule has 0 unspecified atom stereocenters. The van der Waals surface area contributed by atoms with Gasteiger partial charge in [0.25, 0.3) is 0 Å². The molecule has 0 radical (unpaired) electrons. The van der Waals surface area contributed by atoms with E-state index < -0.39 is 8.32 Å². The molecule has 0 fully saturated rings. The fraction of sp³-hybridized carbons (Fsp3) is 0.714. The summed E-state index contributed by atoms with van der Waals surface area (Å²) in [6, 6.07) is 5.79. The van der Waals surface area contributed by atoms with Crippen molar-refractivity contribution in [3.63, 3.8) is 0 Å². The molecule has 0 aromatic heterocycles. The average molecular weight is 382 g/mol.